The normalized spacial score (nSPS) is 20.0. The summed E-state index contributed by atoms with van der Waals surface area (Å²) in [4.78, 5) is 17.7. The lowest BCUT2D eigenvalue weighted by molar-refractivity contribution is 0.679. The van der Waals surface area contributed by atoms with Crippen molar-refractivity contribution in [2.45, 2.75) is 32.4 Å². The van der Waals surface area contributed by atoms with Gasteiger partial charge in [0, 0.05) is 6.42 Å². The minimum absolute atomic E-state index is 0.0257. The van der Waals surface area contributed by atoms with E-state index >= 15 is 0 Å². The van der Waals surface area contributed by atoms with Gasteiger partial charge in [0.15, 0.2) is 0 Å². The van der Waals surface area contributed by atoms with Gasteiger partial charge in [-0.2, -0.15) is 0 Å². The van der Waals surface area contributed by atoms with Crippen LogP contribution in [0.1, 0.15) is 31.3 Å². The number of hydrogen-bond donors (Lipinski definition) is 0. The third-order valence-corrected chi connectivity index (χ3v) is 4.58. The topological polar surface area (TPSA) is 37.9 Å². The molecule has 2 atom stereocenters. The van der Waals surface area contributed by atoms with Crippen LogP contribution in [-0.2, 0) is 6.42 Å². The van der Waals surface area contributed by atoms with E-state index in [1.807, 2.05) is 49.4 Å². The summed E-state index contributed by atoms with van der Waals surface area (Å²) >= 11 is 0. The van der Waals surface area contributed by atoms with E-state index in [0.29, 0.717) is 11.4 Å². The Kier molecular flexibility index (Phi) is 3.18. The van der Waals surface area contributed by atoms with Crippen LogP contribution in [0.5, 0.6) is 0 Å². The molecule has 2 heterocycles. The first-order valence-corrected chi connectivity index (χ1v) is 8.06. The minimum atomic E-state index is 0.0257. The van der Waals surface area contributed by atoms with E-state index in [1.54, 1.807) is 4.68 Å². The Morgan fingerprint density at radius 3 is 2.48 bits per heavy atom. The molecule has 0 aliphatic carbocycles. The van der Waals surface area contributed by atoms with Crippen molar-refractivity contribution in [2.75, 3.05) is 5.01 Å². The maximum atomic E-state index is 13.0. The summed E-state index contributed by atoms with van der Waals surface area (Å²) in [6, 6.07) is 18.4. The molecule has 0 N–H and O–H groups in total. The average molecular weight is 305 g/mol. The van der Waals surface area contributed by atoms with Crippen LogP contribution >= 0.6 is 0 Å². The Morgan fingerprint density at radius 1 is 1.04 bits per heavy atom. The third kappa shape index (κ3) is 2.13. The second kappa shape index (κ2) is 5.23. The highest BCUT2D eigenvalue weighted by molar-refractivity contribution is 5.77. The van der Waals surface area contributed by atoms with Gasteiger partial charge < -0.3 is 0 Å². The van der Waals surface area contributed by atoms with Gasteiger partial charge in [0.05, 0.1) is 23.0 Å². The lowest BCUT2D eigenvalue weighted by Crippen LogP contribution is -2.33. The van der Waals surface area contributed by atoms with E-state index < -0.39 is 0 Å². The molecule has 0 unspecified atom stereocenters. The number of fused-ring (bicyclic) bond motifs is 1. The molecule has 0 amide bonds. The van der Waals surface area contributed by atoms with Gasteiger partial charge in [0.25, 0.3) is 5.56 Å². The van der Waals surface area contributed by atoms with Gasteiger partial charge in [0.1, 0.15) is 5.82 Å². The molecule has 4 heteroatoms. The number of para-hydroxylation sites is 1. The van der Waals surface area contributed by atoms with Gasteiger partial charge in [-0.15, -0.1) is 0 Å². The fraction of sp³-hybridized carbons (Fsp3) is 0.263. The Balaban J connectivity index is 1.86. The number of benzene rings is 2. The molecule has 1 aromatic heterocycles. The Bertz CT molecular complexity index is 917. The van der Waals surface area contributed by atoms with Crippen molar-refractivity contribution in [2.24, 2.45) is 0 Å². The molecule has 116 valence electrons. The maximum absolute atomic E-state index is 13.0. The predicted octanol–water partition coefficient (Wildman–Crippen LogP) is 3.04. The van der Waals surface area contributed by atoms with Gasteiger partial charge >= 0.3 is 0 Å². The van der Waals surface area contributed by atoms with E-state index in [0.717, 1.165) is 17.8 Å². The maximum Gasteiger partial charge on any atom is 0.280 e. The zero-order chi connectivity index (χ0) is 16.0. The van der Waals surface area contributed by atoms with E-state index in [9.17, 15) is 4.79 Å². The van der Waals surface area contributed by atoms with Crippen LogP contribution in [0.2, 0.25) is 0 Å². The van der Waals surface area contributed by atoms with E-state index in [1.165, 1.54) is 5.56 Å². The van der Waals surface area contributed by atoms with Gasteiger partial charge in [-0.3, -0.25) is 9.80 Å². The molecule has 0 radical (unpaired) electrons. The molecule has 1 aliphatic heterocycles. The molecule has 0 saturated carbocycles. The fourth-order valence-electron chi connectivity index (χ4n) is 3.36. The molecule has 2 aromatic carbocycles. The third-order valence-electron chi connectivity index (χ3n) is 4.58. The van der Waals surface area contributed by atoms with Crippen LogP contribution in [0.3, 0.4) is 0 Å². The molecule has 3 aromatic rings. The summed E-state index contributed by atoms with van der Waals surface area (Å²) in [6.45, 7) is 4.19. The minimum Gasteiger partial charge on any atom is -0.294 e. The van der Waals surface area contributed by atoms with Crippen molar-refractivity contribution in [1.29, 1.82) is 0 Å². The molecular formula is C19H19N3O. The first kappa shape index (κ1) is 14.0. The number of aryl methyl sites for hydroxylation is 1. The van der Waals surface area contributed by atoms with Crippen molar-refractivity contribution in [1.82, 2.24) is 9.66 Å². The van der Waals surface area contributed by atoms with E-state index in [4.69, 9.17) is 4.98 Å². The fourth-order valence-corrected chi connectivity index (χ4v) is 3.36. The number of nitrogens with zero attached hydrogens (tertiary/aromatic N) is 3. The summed E-state index contributed by atoms with van der Waals surface area (Å²) in [5, 5.41) is 2.81. The average Bonchev–Trinajstić information content (AvgIpc) is 3.26. The number of aromatic nitrogens is 2. The zero-order valence-corrected chi connectivity index (χ0v) is 13.3. The largest absolute Gasteiger partial charge is 0.294 e. The number of rotatable bonds is 3. The molecule has 23 heavy (non-hydrogen) atoms. The van der Waals surface area contributed by atoms with Crippen LogP contribution in [0, 0.1) is 0 Å². The van der Waals surface area contributed by atoms with Gasteiger partial charge in [0.2, 0.25) is 0 Å². The van der Waals surface area contributed by atoms with Gasteiger partial charge in [-0.1, -0.05) is 49.4 Å². The lowest BCUT2D eigenvalue weighted by atomic mass is 10.1. The molecule has 4 rings (SSSR count). The van der Waals surface area contributed by atoms with Crippen LogP contribution in [0.15, 0.2) is 59.4 Å². The summed E-state index contributed by atoms with van der Waals surface area (Å²) in [5.41, 5.74) is 2.04. The second-order valence-electron chi connectivity index (χ2n) is 5.99. The van der Waals surface area contributed by atoms with Crippen molar-refractivity contribution in [3.63, 3.8) is 0 Å². The van der Waals surface area contributed by atoms with Crippen molar-refractivity contribution in [3.05, 3.63) is 76.3 Å². The Labute approximate surface area is 135 Å². The molecule has 1 saturated heterocycles. The highest BCUT2D eigenvalue weighted by Gasteiger charge is 2.47. The molecule has 1 aliphatic rings. The Hall–Kier alpha value is -2.62. The van der Waals surface area contributed by atoms with Gasteiger partial charge in [-0.05, 0) is 24.6 Å². The van der Waals surface area contributed by atoms with Crippen molar-refractivity contribution >= 4 is 10.9 Å². The second-order valence-corrected chi connectivity index (χ2v) is 5.99. The quantitative estimate of drug-likeness (QED) is 0.698. The standard InChI is InChI=1S/C19H19N3O/c1-3-17-20-16-12-8-7-11-15(16)19(23)22(17)21-13(2)18(21)14-9-5-4-6-10-14/h4-13,18H,3H2,1-2H3/t13-,18-,21?/m0/s1. The summed E-state index contributed by atoms with van der Waals surface area (Å²) in [6.07, 6.45) is 0.727. The highest BCUT2D eigenvalue weighted by atomic mass is 16.1. The SMILES string of the molecule is CCc1nc2ccccc2c(=O)n1N1[C@H](c2ccccc2)[C@@H]1C. The van der Waals surface area contributed by atoms with Crippen LogP contribution < -0.4 is 10.6 Å². The smallest absolute Gasteiger partial charge is 0.280 e. The first-order chi connectivity index (χ1) is 11.2. The van der Waals surface area contributed by atoms with E-state index in [-0.39, 0.29) is 11.6 Å². The number of hydrogen-bond acceptors (Lipinski definition) is 3. The first-order valence-electron chi connectivity index (χ1n) is 8.06. The Morgan fingerprint density at radius 2 is 1.74 bits per heavy atom. The molecule has 0 bridgehead atoms. The van der Waals surface area contributed by atoms with Crippen LogP contribution in [0.4, 0.5) is 0 Å². The van der Waals surface area contributed by atoms with Crippen LogP contribution in [-0.4, -0.2) is 15.7 Å². The molecule has 1 fully saturated rings. The van der Waals surface area contributed by atoms with E-state index in [2.05, 4.69) is 24.1 Å². The summed E-state index contributed by atoms with van der Waals surface area (Å²) in [5.74, 6) is 0.819. The summed E-state index contributed by atoms with van der Waals surface area (Å²) < 4.78 is 1.78. The monoisotopic (exact) mass is 305 g/mol. The zero-order valence-electron chi connectivity index (χ0n) is 13.3. The van der Waals surface area contributed by atoms with Crippen molar-refractivity contribution in [3.8, 4) is 0 Å². The molecule has 0 spiro atoms. The van der Waals surface area contributed by atoms with Gasteiger partial charge in [-0.25, -0.2) is 9.66 Å². The highest BCUT2D eigenvalue weighted by Crippen LogP contribution is 2.40. The van der Waals surface area contributed by atoms with Crippen molar-refractivity contribution < 1.29 is 0 Å². The molecule has 4 nitrogen and oxygen atoms in total. The lowest BCUT2D eigenvalue weighted by Gasteiger charge is -2.15. The predicted molar refractivity (Wildman–Crippen MR) is 92.2 cm³/mol. The van der Waals surface area contributed by atoms with Crippen LogP contribution in [0.25, 0.3) is 10.9 Å². The summed E-state index contributed by atoms with van der Waals surface area (Å²) in [7, 11) is 0. The molecular weight excluding hydrogens is 286 g/mol.